The smallest absolute Gasteiger partial charge is 0.159 e. The summed E-state index contributed by atoms with van der Waals surface area (Å²) in [5, 5.41) is 11.8. The average Bonchev–Trinajstić information content (AvgIpc) is 2.32. The van der Waals surface area contributed by atoms with Gasteiger partial charge in [0.1, 0.15) is 4.99 Å². The molecule has 6 heteroatoms. The molecule has 1 aromatic heterocycles. The summed E-state index contributed by atoms with van der Waals surface area (Å²) in [6.45, 7) is 4.79. The first-order valence-corrected chi connectivity index (χ1v) is 8.05. The molecule has 4 nitrogen and oxygen atoms in total. The van der Waals surface area contributed by atoms with E-state index in [9.17, 15) is 0 Å². The van der Waals surface area contributed by atoms with Gasteiger partial charge in [-0.15, -0.1) is 5.10 Å². The zero-order chi connectivity index (χ0) is 14.0. The Hall–Kier alpha value is -0.880. The van der Waals surface area contributed by atoms with Gasteiger partial charge in [0, 0.05) is 11.3 Å². The van der Waals surface area contributed by atoms with E-state index in [1.54, 1.807) is 0 Å². The predicted octanol–water partition coefficient (Wildman–Crippen LogP) is 2.43. The third kappa shape index (κ3) is 2.84. The van der Waals surface area contributed by atoms with Crippen LogP contribution in [0.4, 0.5) is 5.82 Å². The molecule has 1 aliphatic carbocycles. The molecule has 0 amide bonds. The number of nitrogens with zero attached hydrogens (tertiary/aromatic N) is 2. The summed E-state index contributed by atoms with van der Waals surface area (Å²) in [5.41, 5.74) is 8.54. The lowest BCUT2D eigenvalue weighted by Gasteiger charge is -2.40. The number of aryl methyl sites for hydroxylation is 1. The van der Waals surface area contributed by atoms with E-state index in [1.807, 2.05) is 25.6 Å². The van der Waals surface area contributed by atoms with Crippen LogP contribution < -0.4 is 11.1 Å². The van der Waals surface area contributed by atoms with Crippen LogP contribution in [0.5, 0.6) is 0 Å². The molecule has 0 radical (unpaired) electrons. The maximum absolute atomic E-state index is 5.82. The van der Waals surface area contributed by atoms with Crippen LogP contribution in [0.1, 0.15) is 36.1 Å². The van der Waals surface area contributed by atoms with E-state index < -0.39 is 0 Å². The van der Waals surface area contributed by atoms with Crippen LogP contribution in [0.2, 0.25) is 0 Å². The Morgan fingerprint density at radius 2 is 2.11 bits per heavy atom. The number of rotatable bonds is 5. The molecule has 2 rings (SSSR count). The predicted molar refractivity (Wildman–Crippen MR) is 86.0 cm³/mol. The Balaban J connectivity index is 2.20. The van der Waals surface area contributed by atoms with Crippen LogP contribution in [0, 0.1) is 13.8 Å². The Bertz CT molecular complexity index is 492. The van der Waals surface area contributed by atoms with Crippen molar-refractivity contribution < 1.29 is 0 Å². The lowest BCUT2D eigenvalue weighted by molar-refractivity contribution is 0.379. The summed E-state index contributed by atoms with van der Waals surface area (Å²) in [6.07, 6.45) is 5.98. The Morgan fingerprint density at radius 3 is 2.58 bits per heavy atom. The molecule has 1 saturated carbocycles. The third-order valence-corrected chi connectivity index (χ3v) is 5.60. The van der Waals surface area contributed by atoms with E-state index in [0.29, 0.717) is 9.74 Å². The number of nitrogens with two attached hydrogens (primary N) is 1. The lowest BCUT2D eigenvalue weighted by atomic mass is 9.84. The van der Waals surface area contributed by atoms with Gasteiger partial charge in [-0.25, -0.2) is 0 Å². The molecule has 3 N–H and O–H groups in total. The molecule has 19 heavy (non-hydrogen) atoms. The highest BCUT2D eigenvalue weighted by atomic mass is 32.2. The number of thioether (sulfide) groups is 1. The van der Waals surface area contributed by atoms with Crippen LogP contribution in [0.15, 0.2) is 0 Å². The van der Waals surface area contributed by atoms with Crippen LogP contribution in [0.25, 0.3) is 0 Å². The van der Waals surface area contributed by atoms with Crippen molar-refractivity contribution in [1.29, 1.82) is 0 Å². The Kier molecular flexibility index (Phi) is 4.30. The van der Waals surface area contributed by atoms with Crippen molar-refractivity contribution in [3.63, 3.8) is 0 Å². The minimum absolute atomic E-state index is 0.341. The summed E-state index contributed by atoms with van der Waals surface area (Å²) >= 11 is 7.06. The molecule has 1 heterocycles. The molecule has 1 aromatic rings. The molecule has 0 bridgehead atoms. The van der Waals surface area contributed by atoms with Gasteiger partial charge >= 0.3 is 0 Å². The molecule has 0 aromatic carbocycles. The van der Waals surface area contributed by atoms with Crippen molar-refractivity contribution in [3.8, 4) is 0 Å². The topological polar surface area (TPSA) is 63.8 Å². The first kappa shape index (κ1) is 14.5. The second-order valence-electron chi connectivity index (χ2n) is 5.09. The van der Waals surface area contributed by atoms with Gasteiger partial charge < -0.3 is 11.1 Å². The second-order valence-corrected chi connectivity index (χ2v) is 6.81. The molecular formula is C13H20N4S2. The molecule has 0 spiro atoms. The summed E-state index contributed by atoms with van der Waals surface area (Å²) in [4.78, 5) is 0.379. The van der Waals surface area contributed by atoms with Gasteiger partial charge in [0.2, 0.25) is 0 Å². The van der Waals surface area contributed by atoms with Crippen molar-refractivity contribution in [2.24, 2.45) is 5.73 Å². The van der Waals surface area contributed by atoms with E-state index in [-0.39, 0.29) is 0 Å². The highest BCUT2D eigenvalue weighted by molar-refractivity contribution is 8.00. The molecule has 0 aliphatic heterocycles. The maximum atomic E-state index is 5.82. The summed E-state index contributed by atoms with van der Waals surface area (Å²) in [7, 11) is 0. The number of thiocarbonyl (C=S) groups is 1. The number of anilines is 1. The summed E-state index contributed by atoms with van der Waals surface area (Å²) < 4.78 is 0.341. The standard InChI is InChI=1S/C13H20N4S2/c1-8-9(2)16-17-12(10(8)11(14)18)15-7-13(19-3)5-4-6-13/h4-7H2,1-3H3,(H2,14,18)(H,15,17). The fourth-order valence-electron chi connectivity index (χ4n) is 2.30. The first-order chi connectivity index (χ1) is 8.99. The van der Waals surface area contributed by atoms with Crippen LogP contribution in [-0.4, -0.2) is 32.7 Å². The minimum atomic E-state index is 0.341. The van der Waals surface area contributed by atoms with Gasteiger partial charge in [0.15, 0.2) is 5.82 Å². The van der Waals surface area contributed by atoms with Crippen LogP contribution >= 0.6 is 24.0 Å². The van der Waals surface area contributed by atoms with Gasteiger partial charge in [0.05, 0.1) is 11.3 Å². The quantitative estimate of drug-likeness (QED) is 0.814. The largest absolute Gasteiger partial charge is 0.389 e. The number of nitrogens with one attached hydrogen (secondary N) is 1. The van der Waals surface area contributed by atoms with Gasteiger partial charge in [-0.3, -0.25) is 0 Å². The maximum Gasteiger partial charge on any atom is 0.159 e. The van der Waals surface area contributed by atoms with Crippen molar-refractivity contribution >= 4 is 34.8 Å². The molecule has 0 saturated heterocycles. The van der Waals surface area contributed by atoms with Gasteiger partial charge in [0.25, 0.3) is 0 Å². The van der Waals surface area contributed by atoms with E-state index in [1.165, 1.54) is 19.3 Å². The third-order valence-electron chi connectivity index (χ3n) is 3.98. The van der Waals surface area contributed by atoms with E-state index >= 15 is 0 Å². The molecule has 0 atom stereocenters. The molecule has 1 fully saturated rings. The average molecular weight is 296 g/mol. The van der Waals surface area contributed by atoms with E-state index in [0.717, 1.165) is 29.2 Å². The van der Waals surface area contributed by atoms with Gasteiger partial charge in [-0.1, -0.05) is 18.6 Å². The summed E-state index contributed by atoms with van der Waals surface area (Å²) in [6, 6.07) is 0. The van der Waals surface area contributed by atoms with Crippen LogP contribution in [-0.2, 0) is 0 Å². The number of hydrogen-bond acceptors (Lipinski definition) is 5. The zero-order valence-electron chi connectivity index (χ0n) is 11.6. The first-order valence-electron chi connectivity index (χ1n) is 6.42. The highest BCUT2D eigenvalue weighted by Gasteiger charge is 2.36. The fourth-order valence-corrected chi connectivity index (χ4v) is 3.47. The van der Waals surface area contributed by atoms with Crippen molar-refractivity contribution in [2.75, 3.05) is 18.1 Å². The molecule has 1 aliphatic rings. The number of aromatic nitrogens is 2. The van der Waals surface area contributed by atoms with Crippen molar-refractivity contribution in [1.82, 2.24) is 10.2 Å². The second kappa shape index (κ2) is 5.63. The lowest BCUT2D eigenvalue weighted by Crippen LogP contribution is -2.40. The number of hydrogen-bond donors (Lipinski definition) is 2. The summed E-state index contributed by atoms with van der Waals surface area (Å²) in [5.74, 6) is 0.718. The van der Waals surface area contributed by atoms with Crippen molar-refractivity contribution in [2.45, 2.75) is 37.9 Å². The Morgan fingerprint density at radius 1 is 1.42 bits per heavy atom. The van der Waals surface area contributed by atoms with E-state index in [2.05, 4.69) is 21.8 Å². The zero-order valence-corrected chi connectivity index (χ0v) is 13.2. The minimum Gasteiger partial charge on any atom is -0.389 e. The van der Waals surface area contributed by atoms with E-state index in [4.69, 9.17) is 18.0 Å². The Labute approximate surface area is 123 Å². The SMILES string of the molecule is CSC1(CNc2nnc(C)c(C)c2C(N)=S)CCC1. The monoisotopic (exact) mass is 296 g/mol. The fraction of sp³-hybridized carbons (Fsp3) is 0.615. The molecule has 0 unspecified atom stereocenters. The van der Waals surface area contributed by atoms with Gasteiger partial charge in [-0.2, -0.15) is 16.9 Å². The molecular weight excluding hydrogens is 276 g/mol. The normalized spacial score (nSPS) is 16.8. The van der Waals surface area contributed by atoms with Crippen molar-refractivity contribution in [3.05, 3.63) is 16.8 Å². The molecule has 104 valence electrons. The van der Waals surface area contributed by atoms with Gasteiger partial charge in [-0.05, 0) is 38.5 Å². The highest BCUT2D eigenvalue weighted by Crippen LogP contribution is 2.42. The van der Waals surface area contributed by atoms with Crippen LogP contribution in [0.3, 0.4) is 0 Å².